The fourth-order valence-electron chi connectivity index (χ4n) is 3.29. The number of nitrogens with zero attached hydrogens (tertiary/aromatic N) is 2. The van der Waals surface area contributed by atoms with Gasteiger partial charge in [-0.1, -0.05) is 34.8 Å². The second-order valence-electron chi connectivity index (χ2n) is 6.77. The SMILES string of the molecule is COc1cc(OC)c(Cl)c(-c2cc3cnc(Cl)cc3n(CC3CC3)c2=O)c1Cl. The Bertz CT molecular complexity index is 1110. The van der Waals surface area contributed by atoms with Crippen LogP contribution in [0.5, 0.6) is 11.5 Å². The molecule has 8 heteroatoms. The number of methoxy groups -OCH3 is 2. The molecule has 1 saturated carbocycles. The summed E-state index contributed by atoms with van der Waals surface area (Å²) in [6.07, 6.45) is 3.85. The quantitative estimate of drug-likeness (QED) is 0.496. The number of hydrogen-bond acceptors (Lipinski definition) is 4. The normalized spacial score (nSPS) is 13.8. The van der Waals surface area contributed by atoms with Crippen molar-refractivity contribution in [2.24, 2.45) is 5.92 Å². The highest BCUT2D eigenvalue weighted by Crippen LogP contribution is 2.45. The highest BCUT2D eigenvalue weighted by molar-refractivity contribution is 6.41. The van der Waals surface area contributed by atoms with Gasteiger partial charge in [0.15, 0.2) is 0 Å². The Hall–Kier alpha value is -1.95. The van der Waals surface area contributed by atoms with Crippen LogP contribution in [0.25, 0.3) is 22.0 Å². The molecule has 3 aromatic rings. The number of rotatable bonds is 5. The summed E-state index contributed by atoms with van der Waals surface area (Å²) >= 11 is 19.2. The van der Waals surface area contributed by atoms with Gasteiger partial charge in [-0.25, -0.2) is 4.98 Å². The van der Waals surface area contributed by atoms with Crippen molar-refractivity contribution in [2.45, 2.75) is 19.4 Å². The van der Waals surface area contributed by atoms with E-state index in [2.05, 4.69) is 4.98 Å². The Morgan fingerprint density at radius 1 is 1.07 bits per heavy atom. The first-order chi connectivity index (χ1) is 13.4. The Kier molecular flexibility index (Phi) is 5.17. The van der Waals surface area contributed by atoms with Crippen molar-refractivity contribution in [1.29, 1.82) is 0 Å². The Labute approximate surface area is 176 Å². The number of hydrogen-bond donors (Lipinski definition) is 0. The second kappa shape index (κ2) is 7.47. The molecule has 0 spiro atoms. The van der Waals surface area contributed by atoms with Gasteiger partial charge in [-0.05, 0) is 30.9 Å². The first-order valence-corrected chi connectivity index (χ1v) is 9.87. The molecule has 1 aliphatic carbocycles. The fourth-order valence-corrected chi connectivity index (χ4v) is 4.15. The highest BCUT2D eigenvalue weighted by atomic mass is 35.5. The number of benzene rings is 1. The summed E-state index contributed by atoms with van der Waals surface area (Å²) in [5, 5.41) is 1.62. The molecule has 0 saturated heterocycles. The zero-order chi connectivity index (χ0) is 20.0. The molecule has 4 rings (SSSR count). The number of pyridine rings is 2. The Morgan fingerprint density at radius 2 is 1.71 bits per heavy atom. The van der Waals surface area contributed by atoms with Crippen LogP contribution in [0.1, 0.15) is 12.8 Å². The lowest BCUT2D eigenvalue weighted by Gasteiger charge is -2.17. The first-order valence-electron chi connectivity index (χ1n) is 8.74. The van der Waals surface area contributed by atoms with Gasteiger partial charge in [0.05, 0.1) is 35.3 Å². The summed E-state index contributed by atoms with van der Waals surface area (Å²) in [5.74, 6) is 1.23. The standard InChI is InChI=1S/C20H17Cl3N2O3/c1-27-14-7-15(28-2)19(23)17(18(14)22)12-5-11-8-24-16(21)6-13(11)25(20(12)26)9-10-3-4-10/h5-8,10H,3-4,9H2,1-2H3. The summed E-state index contributed by atoms with van der Waals surface area (Å²) in [6, 6.07) is 5.04. The van der Waals surface area contributed by atoms with Crippen molar-refractivity contribution in [3.8, 4) is 22.6 Å². The van der Waals surface area contributed by atoms with Gasteiger partial charge in [0.1, 0.15) is 16.7 Å². The van der Waals surface area contributed by atoms with Crippen LogP contribution < -0.4 is 15.0 Å². The van der Waals surface area contributed by atoms with Crippen molar-refractivity contribution in [2.75, 3.05) is 14.2 Å². The highest BCUT2D eigenvalue weighted by Gasteiger charge is 2.26. The van der Waals surface area contributed by atoms with Crippen LogP contribution >= 0.6 is 34.8 Å². The maximum absolute atomic E-state index is 13.5. The molecular weight excluding hydrogens is 423 g/mol. The predicted octanol–water partition coefficient (Wildman–Crippen LogP) is 5.45. The van der Waals surface area contributed by atoms with Crippen molar-refractivity contribution in [3.05, 3.63) is 49.9 Å². The number of ether oxygens (including phenoxy) is 2. The molecule has 0 aliphatic heterocycles. The summed E-state index contributed by atoms with van der Waals surface area (Å²) in [4.78, 5) is 17.6. The van der Waals surface area contributed by atoms with Crippen molar-refractivity contribution in [3.63, 3.8) is 0 Å². The van der Waals surface area contributed by atoms with Crippen LogP contribution in [-0.2, 0) is 6.54 Å². The number of halogens is 3. The molecule has 0 radical (unpaired) electrons. The topological polar surface area (TPSA) is 53.4 Å². The van der Waals surface area contributed by atoms with Crippen molar-refractivity contribution >= 4 is 45.7 Å². The molecule has 1 aromatic carbocycles. The van der Waals surface area contributed by atoms with E-state index in [1.54, 1.807) is 29.0 Å². The minimum atomic E-state index is -0.194. The number of aromatic nitrogens is 2. The van der Waals surface area contributed by atoms with Gasteiger partial charge in [0, 0.05) is 29.8 Å². The molecule has 2 aromatic heterocycles. The van der Waals surface area contributed by atoms with Crippen molar-refractivity contribution in [1.82, 2.24) is 9.55 Å². The average molecular weight is 440 g/mol. The van der Waals surface area contributed by atoms with E-state index in [1.807, 2.05) is 0 Å². The Morgan fingerprint density at radius 3 is 2.29 bits per heavy atom. The zero-order valence-corrected chi connectivity index (χ0v) is 17.5. The summed E-state index contributed by atoms with van der Waals surface area (Å²) in [6.45, 7) is 0.611. The van der Waals surface area contributed by atoms with Crippen LogP contribution in [0.2, 0.25) is 15.2 Å². The van der Waals surface area contributed by atoms with E-state index in [0.717, 1.165) is 23.7 Å². The van der Waals surface area contributed by atoms with Gasteiger partial charge in [-0.15, -0.1) is 0 Å². The Balaban J connectivity index is 2.06. The van der Waals surface area contributed by atoms with E-state index >= 15 is 0 Å². The molecule has 28 heavy (non-hydrogen) atoms. The maximum Gasteiger partial charge on any atom is 0.259 e. The molecule has 146 valence electrons. The number of fused-ring (bicyclic) bond motifs is 1. The summed E-state index contributed by atoms with van der Waals surface area (Å²) in [5.41, 5.74) is 1.29. The third kappa shape index (κ3) is 3.32. The molecular formula is C20H17Cl3N2O3. The first kappa shape index (κ1) is 19.4. The van der Waals surface area contributed by atoms with Crippen LogP contribution in [0, 0.1) is 5.92 Å². The summed E-state index contributed by atoms with van der Waals surface area (Å²) < 4.78 is 12.4. The average Bonchev–Trinajstić information content (AvgIpc) is 3.50. The van der Waals surface area contributed by atoms with E-state index in [1.165, 1.54) is 14.2 Å². The molecule has 0 atom stereocenters. The van der Waals surface area contributed by atoms with E-state index in [0.29, 0.717) is 40.2 Å². The fraction of sp³-hybridized carbons (Fsp3) is 0.300. The van der Waals surface area contributed by atoms with Crippen molar-refractivity contribution < 1.29 is 9.47 Å². The molecule has 1 fully saturated rings. The minimum absolute atomic E-state index is 0.194. The van der Waals surface area contributed by atoms with Crippen LogP contribution in [0.4, 0.5) is 0 Å². The largest absolute Gasteiger partial charge is 0.495 e. The summed E-state index contributed by atoms with van der Waals surface area (Å²) in [7, 11) is 2.99. The van der Waals surface area contributed by atoms with Gasteiger partial charge in [-0.3, -0.25) is 4.79 Å². The van der Waals surface area contributed by atoms with Crippen LogP contribution in [0.15, 0.2) is 29.2 Å². The van der Waals surface area contributed by atoms with Gasteiger partial charge < -0.3 is 14.0 Å². The predicted molar refractivity (Wildman–Crippen MR) is 112 cm³/mol. The molecule has 0 bridgehead atoms. The molecule has 2 heterocycles. The van der Waals surface area contributed by atoms with Gasteiger partial charge in [0.25, 0.3) is 5.56 Å². The van der Waals surface area contributed by atoms with E-state index in [4.69, 9.17) is 44.3 Å². The molecule has 0 N–H and O–H groups in total. The molecule has 1 aliphatic rings. The molecule has 0 unspecified atom stereocenters. The van der Waals surface area contributed by atoms with Crippen LogP contribution in [0.3, 0.4) is 0 Å². The third-order valence-electron chi connectivity index (χ3n) is 4.93. The molecule has 0 amide bonds. The molecule has 5 nitrogen and oxygen atoms in total. The minimum Gasteiger partial charge on any atom is -0.495 e. The smallest absolute Gasteiger partial charge is 0.259 e. The second-order valence-corrected chi connectivity index (χ2v) is 7.91. The van der Waals surface area contributed by atoms with E-state index in [9.17, 15) is 4.79 Å². The lowest BCUT2D eigenvalue weighted by atomic mass is 10.0. The lowest BCUT2D eigenvalue weighted by molar-refractivity contribution is 0.395. The maximum atomic E-state index is 13.5. The van der Waals surface area contributed by atoms with Crippen LogP contribution in [-0.4, -0.2) is 23.8 Å². The monoisotopic (exact) mass is 438 g/mol. The van der Waals surface area contributed by atoms with E-state index < -0.39 is 0 Å². The van der Waals surface area contributed by atoms with Gasteiger partial charge in [-0.2, -0.15) is 0 Å². The van der Waals surface area contributed by atoms with Gasteiger partial charge >= 0.3 is 0 Å². The zero-order valence-electron chi connectivity index (χ0n) is 15.3. The lowest BCUT2D eigenvalue weighted by Crippen LogP contribution is -2.23. The van der Waals surface area contributed by atoms with E-state index in [-0.39, 0.29) is 15.6 Å². The third-order valence-corrected chi connectivity index (χ3v) is 5.88. The van der Waals surface area contributed by atoms with Gasteiger partial charge in [0.2, 0.25) is 0 Å².